The molecule has 2 rings (SSSR count). The monoisotopic (exact) mass is 426 g/mol. The highest BCUT2D eigenvalue weighted by atomic mass is 35.5. The Morgan fingerprint density at radius 1 is 1.17 bits per heavy atom. The van der Waals surface area contributed by atoms with Gasteiger partial charge in [-0.25, -0.2) is 17.8 Å². The van der Waals surface area contributed by atoms with Crippen LogP contribution in [0.1, 0.15) is 0 Å². The quantitative estimate of drug-likeness (QED) is 0.713. The minimum absolute atomic E-state index is 0.121. The van der Waals surface area contributed by atoms with E-state index in [1.54, 1.807) is 18.2 Å². The second-order valence-electron chi connectivity index (χ2n) is 4.58. The maximum atomic E-state index is 11.6. The highest BCUT2D eigenvalue weighted by Gasteiger charge is 2.18. The number of hydrogen-bond donors (Lipinski definition) is 2. The summed E-state index contributed by atoms with van der Waals surface area (Å²) in [6, 6.07) is 8.80. The van der Waals surface area contributed by atoms with Gasteiger partial charge < -0.3 is 0 Å². The van der Waals surface area contributed by atoms with Crippen molar-refractivity contribution >= 4 is 61.9 Å². The molecule has 0 amide bonds. The number of hydrogen-bond acceptors (Lipinski definition) is 4. The van der Waals surface area contributed by atoms with Crippen molar-refractivity contribution in [2.24, 2.45) is 5.14 Å². The van der Waals surface area contributed by atoms with Gasteiger partial charge in [-0.3, -0.25) is 8.86 Å². The number of nitrogens with two attached hydrogens (primary N) is 1. The van der Waals surface area contributed by atoms with Gasteiger partial charge >= 0.3 is 0 Å². The Labute approximate surface area is 156 Å². The topological polar surface area (TPSA) is 101 Å². The number of rotatable bonds is 5. The van der Waals surface area contributed by atoms with Gasteiger partial charge in [0.1, 0.15) is 0 Å². The molecule has 0 aromatic heterocycles. The Kier molecular flexibility index (Phi) is 6.19. The molecule has 0 heterocycles. The fourth-order valence-corrected chi connectivity index (χ4v) is 4.32. The first-order valence-corrected chi connectivity index (χ1v) is 10.4. The molecule has 0 saturated carbocycles. The van der Waals surface area contributed by atoms with E-state index in [0.29, 0.717) is 25.5 Å². The number of sulfonamides is 1. The first-order valence-electron chi connectivity index (χ1n) is 6.24. The summed E-state index contributed by atoms with van der Waals surface area (Å²) >= 11 is 10.9. The molecule has 2 aromatic rings. The molecular weight excluding hydrogens is 415 g/mol. The molecule has 0 spiro atoms. The van der Waals surface area contributed by atoms with Gasteiger partial charge in [0.15, 0.2) is 0 Å². The third-order valence-electron chi connectivity index (χ3n) is 2.95. The van der Waals surface area contributed by atoms with Crippen LogP contribution in [0.5, 0.6) is 0 Å². The molecule has 3 N–H and O–H groups in total. The lowest BCUT2D eigenvalue weighted by Gasteiger charge is -2.18. The van der Waals surface area contributed by atoms with E-state index < -0.39 is 21.3 Å². The number of nitrogens with zero attached hydrogens (tertiary/aromatic N) is 1. The first-order chi connectivity index (χ1) is 11.1. The van der Waals surface area contributed by atoms with E-state index in [1.807, 2.05) is 0 Å². The second-order valence-corrected chi connectivity index (χ2v) is 9.08. The summed E-state index contributed by atoms with van der Waals surface area (Å²) in [6.07, 6.45) is 0. The van der Waals surface area contributed by atoms with Crippen LogP contribution in [0.4, 0.5) is 5.69 Å². The summed E-state index contributed by atoms with van der Waals surface area (Å²) in [5.74, 6) is 0. The van der Waals surface area contributed by atoms with Crippen LogP contribution >= 0.6 is 35.0 Å². The van der Waals surface area contributed by atoms with E-state index in [4.69, 9.17) is 28.3 Å². The van der Waals surface area contributed by atoms with Gasteiger partial charge in [0.05, 0.1) is 15.6 Å². The van der Waals surface area contributed by atoms with Crippen LogP contribution in [0.2, 0.25) is 10.0 Å². The number of halogens is 2. The third kappa shape index (κ3) is 4.63. The Morgan fingerprint density at radius 2 is 1.83 bits per heavy atom. The molecule has 0 radical (unpaired) electrons. The van der Waals surface area contributed by atoms with Gasteiger partial charge in [0.2, 0.25) is 10.0 Å². The van der Waals surface area contributed by atoms with E-state index in [2.05, 4.69) is 0 Å². The van der Waals surface area contributed by atoms with Crippen molar-refractivity contribution in [2.75, 3.05) is 11.4 Å². The summed E-state index contributed by atoms with van der Waals surface area (Å²) in [6.45, 7) is 0. The van der Waals surface area contributed by atoms with Crippen LogP contribution in [-0.2, 0) is 21.3 Å². The predicted molar refractivity (Wildman–Crippen MR) is 97.6 cm³/mol. The van der Waals surface area contributed by atoms with Gasteiger partial charge in [-0.15, -0.1) is 0 Å². The molecular formula is C13H12Cl2N2O4S3. The van der Waals surface area contributed by atoms with Crippen LogP contribution in [0.15, 0.2) is 51.1 Å². The smallest absolute Gasteiger partial charge is 0.261 e. The van der Waals surface area contributed by atoms with E-state index in [-0.39, 0.29) is 4.90 Å². The van der Waals surface area contributed by atoms with Gasteiger partial charge in [-0.1, -0.05) is 35.0 Å². The summed E-state index contributed by atoms with van der Waals surface area (Å²) in [5.41, 5.74) is 0.337. The van der Waals surface area contributed by atoms with E-state index >= 15 is 0 Å². The number of anilines is 1. The molecule has 0 aliphatic carbocycles. The van der Waals surface area contributed by atoms with E-state index in [9.17, 15) is 17.2 Å². The summed E-state index contributed by atoms with van der Waals surface area (Å²) in [5, 5.41) is 6.01. The lowest BCUT2D eigenvalue weighted by Crippen LogP contribution is -2.20. The zero-order valence-electron chi connectivity index (χ0n) is 12.1. The molecule has 0 aliphatic rings. The molecule has 11 heteroatoms. The molecule has 1 unspecified atom stereocenters. The minimum Gasteiger partial charge on any atom is -0.289 e. The van der Waals surface area contributed by atoms with Crippen molar-refractivity contribution in [3.63, 3.8) is 0 Å². The Hall–Kier alpha value is -0.810. The standard InChI is InChI=1S/C13H12Cl2N2O4S3/c1-17(23(18)19)11-5-3-9(24(16,20)21)7-13(11)22-12-6-8(14)2-4-10(12)15/h2-7H,1H3,(H,18,19)(H2,16,20,21). The zero-order valence-corrected chi connectivity index (χ0v) is 16.1. The molecule has 24 heavy (non-hydrogen) atoms. The molecule has 6 nitrogen and oxygen atoms in total. The molecule has 0 fully saturated rings. The summed E-state index contributed by atoms with van der Waals surface area (Å²) in [4.78, 5) is 0.828. The second kappa shape index (κ2) is 7.61. The predicted octanol–water partition coefficient (Wildman–Crippen LogP) is 3.36. The highest BCUT2D eigenvalue weighted by molar-refractivity contribution is 7.99. The van der Waals surface area contributed by atoms with Crippen molar-refractivity contribution in [3.8, 4) is 0 Å². The fraction of sp³-hybridized carbons (Fsp3) is 0.0769. The van der Waals surface area contributed by atoms with Gasteiger partial charge in [-0.2, -0.15) is 0 Å². The molecule has 0 saturated heterocycles. The van der Waals surface area contributed by atoms with Crippen molar-refractivity contribution in [2.45, 2.75) is 14.7 Å². The molecule has 0 bridgehead atoms. The van der Waals surface area contributed by atoms with Gasteiger partial charge in [0, 0.05) is 21.9 Å². The van der Waals surface area contributed by atoms with Crippen LogP contribution in [0.3, 0.4) is 0 Å². The molecule has 130 valence electrons. The largest absolute Gasteiger partial charge is 0.289 e. The molecule has 0 aliphatic heterocycles. The van der Waals surface area contributed by atoms with Gasteiger partial charge in [0.25, 0.3) is 11.3 Å². The lowest BCUT2D eigenvalue weighted by atomic mass is 10.3. The van der Waals surface area contributed by atoms with Crippen molar-refractivity contribution < 1.29 is 17.2 Å². The first kappa shape index (κ1) is 19.5. The van der Waals surface area contributed by atoms with E-state index in [0.717, 1.165) is 16.1 Å². The van der Waals surface area contributed by atoms with Crippen LogP contribution in [0, 0.1) is 0 Å². The van der Waals surface area contributed by atoms with Crippen LogP contribution in [0.25, 0.3) is 0 Å². The maximum absolute atomic E-state index is 11.6. The Morgan fingerprint density at radius 3 is 2.42 bits per heavy atom. The average molecular weight is 427 g/mol. The minimum atomic E-state index is -3.93. The fourth-order valence-electron chi connectivity index (χ4n) is 1.77. The normalized spacial score (nSPS) is 12.9. The Balaban J connectivity index is 2.59. The van der Waals surface area contributed by atoms with Crippen LogP contribution in [-0.4, -0.2) is 24.2 Å². The van der Waals surface area contributed by atoms with E-state index in [1.165, 1.54) is 25.2 Å². The summed E-state index contributed by atoms with van der Waals surface area (Å²) < 4.78 is 44.9. The highest BCUT2D eigenvalue weighted by Crippen LogP contribution is 2.40. The maximum Gasteiger partial charge on any atom is 0.261 e. The average Bonchev–Trinajstić information content (AvgIpc) is 2.49. The number of primary sulfonamides is 1. The molecule has 1 atom stereocenters. The van der Waals surface area contributed by atoms with Gasteiger partial charge in [-0.05, 0) is 36.4 Å². The third-order valence-corrected chi connectivity index (χ3v) is 6.30. The zero-order chi connectivity index (χ0) is 18.1. The summed E-state index contributed by atoms with van der Waals surface area (Å²) in [7, 11) is -2.53. The number of benzene rings is 2. The van der Waals surface area contributed by atoms with Crippen LogP contribution < -0.4 is 9.44 Å². The lowest BCUT2D eigenvalue weighted by molar-refractivity contribution is 0.562. The van der Waals surface area contributed by atoms with Crippen molar-refractivity contribution in [1.82, 2.24) is 0 Å². The van der Waals surface area contributed by atoms with Crippen molar-refractivity contribution in [1.29, 1.82) is 0 Å². The Bertz CT molecular complexity index is 906. The van der Waals surface area contributed by atoms with Crippen molar-refractivity contribution in [3.05, 3.63) is 46.4 Å². The molecule has 2 aromatic carbocycles. The SMILES string of the molecule is CN(c1ccc(S(N)(=O)=O)cc1Sc1cc(Cl)ccc1Cl)S(=O)O.